The number of nitrogens with zero attached hydrogens (tertiary/aromatic N) is 1. The molecule has 1 unspecified atom stereocenters. The molecule has 0 aliphatic carbocycles. The van der Waals surface area contributed by atoms with Gasteiger partial charge in [0.05, 0.1) is 25.5 Å². The summed E-state index contributed by atoms with van der Waals surface area (Å²) < 4.78 is 10.3. The number of ether oxygens (including phenoxy) is 2. The van der Waals surface area contributed by atoms with Crippen LogP contribution in [0.15, 0.2) is 12.1 Å². The molecule has 0 bridgehead atoms. The number of rotatable bonds is 5. The lowest BCUT2D eigenvalue weighted by Gasteiger charge is -2.21. The van der Waals surface area contributed by atoms with E-state index in [1.54, 1.807) is 0 Å². The lowest BCUT2D eigenvalue weighted by molar-refractivity contribution is -0.117. The molecule has 1 aromatic carbocycles. The Bertz CT molecular complexity index is 575. The van der Waals surface area contributed by atoms with Crippen LogP contribution in [0, 0.1) is 5.92 Å². The van der Waals surface area contributed by atoms with Crippen molar-refractivity contribution in [3.8, 4) is 11.5 Å². The maximum atomic E-state index is 12.1. The number of halogens is 1. The molecule has 7 heteroatoms. The second kappa shape index (κ2) is 6.22. The zero-order valence-corrected chi connectivity index (χ0v) is 12.5. The Morgan fingerprint density at radius 2 is 2.00 bits per heavy atom. The van der Waals surface area contributed by atoms with E-state index >= 15 is 0 Å². The van der Waals surface area contributed by atoms with Gasteiger partial charge in [0.15, 0.2) is 11.5 Å². The fourth-order valence-electron chi connectivity index (χ4n) is 2.38. The summed E-state index contributed by atoms with van der Waals surface area (Å²) in [5.74, 6) is -0.214. The molecular formula is C14H16ClNO5. The van der Waals surface area contributed by atoms with E-state index in [9.17, 15) is 14.7 Å². The molecule has 1 aromatic rings. The van der Waals surface area contributed by atoms with E-state index in [1.807, 2.05) is 0 Å². The van der Waals surface area contributed by atoms with Gasteiger partial charge in [-0.3, -0.25) is 4.79 Å². The van der Waals surface area contributed by atoms with Crippen molar-refractivity contribution in [1.29, 1.82) is 0 Å². The molecule has 2 rings (SSSR count). The molecule has 1 amide bonds. The van der Waals surface area contributed by atoms with E-state index in [1.165, 1.54) is 31.3 Å². The number of amides is 1. The van der Waals surface area contributed by atoms with Crippen molar-refractivity contribution >= 4 is 29.2 Å². The standard InChI is InChI=1S/C14H16ClNO5/c1-20-11-4-9(14(18)19)10(5-12(11)21-2)16-7-8(6-15)3-13(16)17/h4-5,8H,3,6-7H2,1-2H3,(H,18,19). The van der Waals surface area contributed by atoms with Gasteiger partial charge in [-0.25, -0.2) is 4.79 Å². The van der Waals surface area contributed by atoms with E-state index < -0.39 is 5.97 Å². The van der Waals surface area contributed by atoms with Gasteiger partial charge in [-0.2, -0.15) is 0 Å². The molecular weight excluding hydrogens is 298 g/mol. The monoisotopic (exact) mass is 313 g/mol. The number of carbonyl (C=O) groups is 2. The molecule has 1 saturated heterocycles. The highest BCUT2D eigenvalue weighted by Crippen LogP contribution is 2.37. The van der Waals surface area contributed by atoms with E-state index in [-0.39, 0.29) is 17.4 Å². The fourth-order valence-corrected chi connectivity index (χ4v) is 2.59. The van der Waals surface area contributed by atoms with Gasteiger partial charge >= 0.3 is 5.97 Å². The van der Waals surface area contributed by atoms with Crippen molar-refractivity contribution in [3.63, 3.8) is 0 Å². The number of aromatic carboxylic acids is 1. The third-order valence-corrected chi connectivity index (χ3v) is 3.88. The molecule has 0 spiro atoms. The van der Waals surface area contributed by atoms with Gasteiger partial charge in [-0.05, 0) is 5.92 Å². The molecule has 6 nitrogen and oxygen atoms in total. The van der Waals surface area contributed by atoms with Crippen LogP contribution in [0.5, 0.6) is 11.5 Å². The zero-order chi connectivity index (χ0) is 15.6. The van der Waals surface area contributed by atoms with Gasteiger partial charge < -0.3 is 19.5 Å². The maximum absolute atomic E-state index is 12.1. The van der Waals surface area contributed by atoms with Crippen LogP contribution in [-0.4, -0.2) is 43.6 Å². The van der Waals surface area contributed by atoms with Gasteiger partial charge in [0, 0.05) is 31.0 Å². The van der Waals surface area contributed by atoms with Crippen molar-refractivity contribution < 1.29 is 24.2 Å². The Labute approximate surface area is 127 Å². The minimum atomic E-state index is -1.13. The van der Waals surface area contributed by atoms with E-state index in [4.69, 9.17) is 21.1 Å². The van der Waals surface area contributed by atoms with Crippen molar-refractivity contribution in [2.75, 3.05) is 31.5 Å². The number of carboxylic acid groups (broad SMARTS) is 1. The Balaban J connectivity index is 2.51. The quantitative estimate of drug-likeness (QED) is 0.841. The molecule has 1 aliphatic heterocycles. The van der Waals surface area contributed by atoms with Crippen LogP contribution in [0.2, 0.25) is 0 Å². The van der Waals surface area contributed by atoms with Gasteiger partial charge in [0.2, 0.25) is 5.91 Å². The molecule has 1 N–H and O–H groups in total. The molecule has 0 saturated carbocycles. The fraction of sp³-hybridized carbons (Fsp3) is 0.429. The molecule has 1 aliphatic rings. The summed E-state index contributed by atoms with van der Waals surface area (Å²) in [6.07, 6.45) is 0.316. The number of alkyl halides is 1. The maximum Gasteiger partial charge on any atom is 0.337 e. The highest BCUT2D eigenvalue weighted by atomic mass is 35.5. The predicted molar refractivity (Wildman–Crippen MR) is 77.7 cm³/mol. The van der Waals surface area contributed by atoms with Crippen LogP contribution in [0.25, 0.3) is 0 Å². The third kappa shape index (κ3) is 2.90. The van der Waals surface area contributed by atoms with E-state index in [2.05, 4.69) is 0 Å². The van der Waals surface area contributed by atoms with Crippen LogP contribution in [0.1, 0.15) is 16.8 Å². The minimum Gasteiger partial charge on any atom is -0.493 e. The first-order chi connectivity index (χ1) is 10.0. The predicted octanol–water partition coefficient (Wildman–Crippen LogP) is 1.99. The molecule has 1 fully saturated rings. The number of hydrogen-bond acceptors (Lipinski definition) is 4. The summed E-state index contributed by atoms with van der Waals surface area (Å²) in [5.41, 5.74) is 0.300. The van der Waals surface area contributed by atoms with Gasteiger partial charge in [-0.1, -0.05) is 0 Å². The first-order valence-electron chi connectivity index (χ1n) is 6.37. The lowest BCUT2D eigenvalue weighted by Crippen LogP contribution is -2.26. The number of carboxylic acids is 1. The summed E-state index contributed by atoms with van der Waals surface area (Å²) in [7, 11) is 2.88. The van der Waals surface area contributed by atoms with Crippen LogP contribution < -0.4 is 14.4 Å². The average Bonchev–Trinajstić information content (AvgIpc) is 2.86. The summed E-state index contributed by atoms with van der Waals surface area (Å²) >= 11 is 5.79. The molecule has 1 atom stereocenters. The van der Waals surface area contributed by atoms with Crippen LogP contribution in [0.3, 0.4) is 0 Å². The Hall–Kier alpha value is -1.95. The van der Waals surface area contributed by atoms with Crippen molar-refractivity contribution in [2.24, 2.45) is 5.92 Å². The van der Waals surface area contributed by atoms with Crippen LogP contribution in [-0.2, 0) is 4.79 Å². The van der Waals surface area contributed by atoms with Crippen molar-refractivity contribution in [3.05, 3.63) is 17.7 Å². The largest absolute Gasteiger partial charge is 0.493 e. The number of carbonyl (C=O) groups excluding carboxylic acids is 1. The number of methoxy groups -OCH3 is 2. The lowest BCUT2D eigenvalue weighted by atomic mass is 10.1. The summed E-state index contributed by atoms with van der Waals surface area (Å²) in [4.78, 5) is 25.0. The third-order valence-electron chi connectivity index (χ3n) is 3.45. The summed E-state index contributed by atoms with van der Waals surface area (Å²) in [6, 6.07) is 2.87. The first-order valence-corrected chi connectivity index (χ1v) is 6.90. The number of hydrogen-bond donors (Lipinski definition) is 1. The highest BCUT2D eigenvalue weighted by Gasteiger charge is 2.33. The molecule has 114 valence electrons. The zero-order valence-electron chi connectivity index (χ0n) is 11.8. The van der Waals surface area contributed by atoms with Gasteiger partial charge in [0.1, 0.15) is 0 Å². The minimum absolute atomic E-state index is 0.00350. The molecule has 21 heavy (non-hydrogen) atoms. The second-order valence-electron chi connectivity index (χ2n) is 4.76. The SMILES string of the molecule is COc1cc(C(=O)O)c(N2CC(CCl)CC2=O)cc1OC. The smallest absolute Gasteiger partial charge is 0.337 e. The number of anilines is 1. The first kappa shape index (κ1) is 15.4. The topological polar surface area (TPSA) is 76.1 Å². The van der Waals surface area contributed by atoms with Crippen LogP contribution >= 0.6 is 11.6 Å². The van der Waals surface area contributed by atoms with E-state index in [0.717, 1.165) is 0 Å². The van der Waals surface area contributed by atoms with Crippen LogP contribution in [0.4, 0.5) is 5.69 Å². The second-order valence-corrected chi connectivity index (χ2v) is 5.07. The van der Waals surface area contributed by atoms with Gasteiger partial charge in [-0.15, -0.1) is 11.6 Å². The Morgan fingerprint density at radius 1 is 1.38 bits per heavy atom. The van der Waals surface area contributed by atoms with Crippen molar-refractivity contribution in [2.45, 2.75) is 6.42 Å². The normalized spacial score (nSPS) is 18.0. The average molecular weight is 314 g/mol. The number of benzene rings is 1. The molecule has 1 heterocycles. The Morgan fingerprint density at radius 3 is 2.48 bits per heavy atom. The van der Waals surface area contributed by atoms with E-state index in [0.29, 0.717) is 36.0 Å². The Kier molecular flexibility index (Phi) is 4.57. The molecule has 0 aromatic heterocycles. The van der Waals surface area contributed by atoms with Gasteiger partial charge in [0.25, 0.3) is 0 Å². The van der Waals surface area contributed by atoms with Crippen molar-refractivity contribution in [1.82, 2.24) is 0 Å². The summed E-state index contributed by atoms with van der Waals surface area (Å²) in [6.45, 7) is 0.401. The summed E-state index contributed by atoms with van der Waals surface area (Å²) in [5, 5.41) is 9.36. The highest BCUT2D eigenvalue weighted by molar-refractivity contribution is 6.18. The molecule has 0 radical (unpaired) electrons.